The van der Waals surface area contributed by atoms with Gasteiger partial charge in [-0.05, 0) is 24.6 Å². The highest BCUT2D eigenvalue weighted by molar-refractivity contribution is 7.13. The third-order valence-electron chi connectivity index (χ3n) is 3.54. The second kappa shape index (κ2) is 7.24. The van der Waals surface area contributed by atoms with Crippen molar-refractivity contribution in [2.75, 3.05) is 11.4 Å². The van der Waals surface area contributed by atoms with Crippen LogP contribution in [0.25, 0.3) is 10.6 Å². The Bertz CT molecular complexity index is 750. The molecule has 0 spiro atoms. The minimum Gasteiger partial charge on any atom is -0.472 e. The predicted octanol–water partition coefficient (Wildman–Crippen LogP) is 4.85. The second-order valence-corrected chi connectivity index (χ2v) is 6.05. The summed E-state index contributed by atoms with van der Waals surface area (Å²) in [7, 11) is 0. The van der Waals surface area contributed by atoms with Gasteiger partial charge in [0.1, 0.15) is 17.0 Å². The lowest BCUT2D eigenvalue weighted by Crippen LogP contribution is -2.32. The van der Waals surface area contributed by atoms with E-state index in [1.807, 2.05) is 41.8 Å². The van der Waals surface area contributed by atoms with Crippen molar-refractivity contribution in [1.29, 1.82) is 0 Å². The van der Waals surface area contributed by atoms with E-state index in [4.69, 9.17) is 4.42 Å². The van der Waals surface area contributed by atoms with Crippen LogP contribution in [0.15, 0.2) is 58.7 Å². The number of amides is 1. The number of rotatable bonds is 6. The fourth-order valence-electron chi connectivity index (χ4n) is 2.30. The zero-order chi connectivity index (χ0) is 16.1. The van der Waals surface area contributed by atoms with Crippen LogP contribution in [0.4, 0.5) is 5.69 Å². The summed E-state index contributed by atoms with van der Waals surface area (Å²) in [5, 5.41) is 2.61. The molecule has 1 amide bonds. The first-order chi connectivity index (χ1) is 11.3. The van der Waals surface area contributed by atoms with Crippen LogP contribution in [0.3, 0.4) is 0 Å². The van der Waals surface area contributed by atoms with E-state index >= 15 is 0 Å². The first kappa shape index (κ1) is 15.5. The topological polar surface area (TPSA) is 46.3 Å². The number of thiazole rings is 1. The van der Waals surface area contributed by atoms with E-state index in [0.717, 1.165) is 29.1 Å². The Labute approximate surface area is 139 Å². The quantitative estimate of drug-likeness (QED) is 0.650. The van der Waals surface area contributed by atoms with Crippen LogP contribution in [-0.4, -0.2) is 17.4 Å². The largest absolute Gasteiger partial charge is 0.472 e. The van der Waals surface area contributed by atoms with Gasteiger partial charge < -0.3 is 9.32 Å². The van der Waals surface area contributed by atoms with E-state index in [9.17, 15) is 4.79 Å². The van der Waals surface area contributed by atoms with E-state index < -0.39 is 0 Å². The molecule has 3 aromatic rings. The zero-order valence-corrected chi connectivity index (χ0v) is 13.8. The number of anilines is 1. The maximum absolute atomic E-state index is 12.9. The number of aromatic nitrogens is 1. The molecule has 118 valence electrons. The molecule has 0 saturated carbocycles. The van der Waals surface area contributed by atoms with Crippen LogP contribution in [-0.2, 0) is 0 Å². The maximum atomic E-state index is 12.9. The molecule has 2 heterocycles. The van der Waals surface area contributed by atoms with Gasteiger partial charge in [0, 0.05) is 23.2 Å². The van der Waals surface area contributed by atoms with Gasteiger partial charge >= 0.3 is 0 Å². The Hall–Kier alpha value is -2.40. The van der Waals surface area contributed by atoms with E-state index in [1.54, 1.807) is 17.4 Å². The van der Waals surface area contributed by atoms with Gasteiger partial charge in [-0.25, -0.2) is 4.98 Å². The lowest BCUT2D eigenvalue weighted by Gasteiger charge is -2.21. The van der Waals surface area contributed by atoms with Crippen LogP contribution in [0.1, 0.15) is 30.3 Å². The molecule has 0 N–H and O–H groups in total. The molecule has 4 nitrogen and oxygen atoms in total. The molecule has 0 unspecified atom stereocenters. The monoisotopic (exact) mass is 326 g/mol. The molecule has 0 bridgehead atoms. The van der Waals surface area contributed by atoms with Crippen LogP contribution in [0.2, 0.25) is 0 Å². The molecule has 2 aromatic heterocycles. The molecule has 5 heteroatoms. The van der Waals surface area contributed by atoms with Crippen molar-refractivity contribution in [3.05, 3.63) is 60.0 Å². The standard InChI is InChI=1S/C18H18N2O2S/c1-2-3-10-20(15-7-5-4-6-8-15)18(21)16-13-23-17(19-16)14-9-11-22-12-14/h4-9,11-13H,2-3,10H2,1H3. The summed E-state index contributed by atoms with van der Waals surface area (Å²) in [6.07, 6.45) is 5.24. The van der Waals surface area contributed by atoms with Crippen molar-refractivity contribution in [1.82, 2.24) is 4.98 Å². The molecule has 0 saturated heterocycles. The van der Waals surface area contributed by atoms with Crippen LogP contribution in [0, 0.1) is 0 Å². The number of hydrogen-bond donors (Lipinski definition) is 0. The van der Waals surface area contributed by atoms with Crippen molar-refractivity contribution in [3.63, 3.8) is 0 Å². The van der Waals surface area contributed by atoms with Crippen molar-refractivity contribution in [2.24, 2.45) is 0 Å². The molecule has 0 aliphatic heterocycles. The van der Waals surface area contributed by atoms with Gasteiger partial charge in [0.15, 0.2) is 0 Å². The van der Waals surface area contributed by atoms with Gasteiger partial charge in [0.25, 0.3) is 5.91 Å². The Morgan fingerprint density at radius 2 is 2.09 bits per heavy atom. The van der Waals surface area contributed by atoms with Crippen LogP contribution in [0.5, 0.6) is 0 Å². The Morgan fingerprint density at radius 1 is 1.26 bits per heavy atom. The van der Waals surface area contributed by atoms with Crippen molar-refractivity contribution < 1.29 is 9.21 Å². The van der Waals surface area contributed by atoms with Crippen molar-refractivity contribution in [3.8, 4) is 10.6 Å². The highest BCUT2D eigenvalue weighted by atomic mass is 32.1. The lowest BCUT2D eigenvalue weighted by molar-refractivity contribution is 0.0982. The molecule has 1 aromatic carbocycles. The van der Waals surface area contributed by atoms with E-state index in [-0.39, 0.29) is 5.91 Å². The number of nitrogens with zero attached hydrogens (tertiary/aromatic N) is 2. The minimum atomic E-state index is -0.0596. The molecule has 0 atom stereocenters. The van der Waals surface area contributed by atoms with Gasteiger partial charge in [-0.1, -0.05) is 31.5 Å². The molecule has 3 rings (SSSR count). The fraction of sp³-hybridized carbons (Fsp3) is 0.222. The minimum absolute atomic E-state index is 0.0596. The molecule has 0 aliphatic rings. The summed E-state index contributed by atoms with van der Waals surface area (Å²) in [5.74, 6) is -0.0596. The number of carbonyl (C=O) groups is 1. The fourth-order valence-corrected chi connectivity index (χ4v) is 3.08. The normalized spacial score (nSPS) is 10.7. The summed E-state index contributed by atoms with van der Waals surface area (Å²) in [4.78, 5) is 19.2. The number of para-hydroxylation sites is 1. The number of carbonyl (C=O) groups excluding carboxylic acids is 1. The Balaban J connectivity index is 1.86. The summed E-state index contributed by atoms with van der Waals surface area (Å²) < 4.78 is 5.08. The number of hydrogen-bond acceptors (Lipinski definition) is 4. The molecule has 0 fully saturated rings. The predicted molar refractivity (Wildman–Crippen MR) is 92.8 cm³/mol. The van der Waals surface area contributed by atoms with Gasteiger partial charge in [-0.3, -0.25) is 4.79 Å². The number of furan rings is 1. The zero-order valence-electron chi connectivity index (χ0n) is 12.9. The van der Waals surface area contributed by atoms with Gasteiger partial charge in [-0.15, -0.1) is 11.3 Å². The lowest BCUT2D eigenvalue weighted by atomic mass is 10.2. The van der Waals surface area contributed by atoms with Gasteiger partial charge in [0.05, 0.1) is 6.26 Å². The van der Waals surface area contributed by atoms with E-state index in [2.05, 4.69) is 11.9 Å². The summed E-state index contributed by atoms with van der Waals surface area (Å²) >= 11 is 1.45. The Morgan fingerprint density at radius 3 is 2.78 bits per heavy atom. The SMILES string of the molecule is CCCCN(C(=O)c1csc(-c2ccoc2)n1)c1ccccc1. The van der Waals surface area contributed by atoms with Crippen LogP contribution >= 0.6 is 11.3 Å². The average Bonchev–Trinajstić information content (AvgIpc) is 3.27. The third kappa shape index (κ3) is 3.51. The highest BCUT2D eigenvalue weighted by Gasteiger charge is 2.20. The van der Waals surface area contributed by atoms with Gasteiger partial charge in [-0.2, -0.15) is 0 Å². The molecular formula is C18H18N2O2S. The first-order valence-corrected chi connectivity index (χ1v) is 8.52. The number of benzene rings is 1. The summed E-state index contributed by atoms with van der Waals surface area (Å²) in [5.41, 5.74) is 2.28. The maximum Gasteiger partial charge on any atom is 0.277 e. The second-order valence-electron chi connectivity index (χ2n) is 5.20. The van der Waals surface area contributed by atoms with Crippen LogP contribution < -0.4 is 4.90 Å². The molecular weight excluding hydrogens is 308 g/mol. The average molecular weight is 326 g/mol. The summed E-state index contributed by atoms with van der Waals surface area (Å²) in [6.45, 7) is 2.81. The summed E-state index contributed by atoms with van der Waals surface area (Å²) in [6, 6.07) is 11.6. The highest BCUT2D eigenvalue weighted by Crippen LogP contribution is 2.25. The third-order valence-corrected chi connectivity index (χ3v) is 4.43. The van der Waals surface area contributed by atoms with Crippen molar-refractivity contribution in [2.45, 2.75) is 19.8 Å². The van der Waals surface area contributed by atoms with E-state index in [0.29, 0.717) is 12.2 Å². The molecule has 23 heavy (non-hydrogen) atoms. The van der Waals surface area contributed by atoms with E-state index in [1.165, 1.54) is 11.3 Å². The smallest absolute Gasteiger partial charge is 0.277 e. The van der Waals surface area contributed by atoms with Gasteiger partial charge in [0.2, 0.25) is 0 Å². The Kier molecular flexibility index (Phi) is 4.88. The molecule has 0 aliphatic carbocycles. The first-order valence-electron chi connectivity index (χ1n) is 7.64. The van der Waals surface area contributed by atoms with Crippen molar-refractivity contribution >= 4 is 22.9 Å². The number of unbranched alkanes of at least 4 members (excludes halogenated alkanes) is 1. The molecule has 0 radical (unpaired) electrons.